The molecule has 0 bridgehead atoms. The van der Waals surface area contributed by atoms with Crippen molar-refractivity contribution in [1.29, 1.82) is 0 Å². The molecule has 1 fully saturated rings. The smallest absolute Gasteiger partial charge is 0.317 e. The van der Waals surface area contributed by atoms with E-state index in [1.165, 1.54) is 4.90 Å². The molecule has 4 N–H and O–H groups in total. The van der Waals surface area contributed by atoms with Gasteiger partial charge in [0, 0.05) is 19.6 Å². The lowest BCUT2D eigenvalue weighted by Crippen LogP contribution is -2.43. The molecule has 7 nitrogen and oxygen atoms in total. The summed E-state index contributed by atoms with van der Waals surface area (Å²) in [6, 6.07) is -0.337. The van der Waals surface area contributed by atoms with E-state index >= 15 is 0 Å². The number of nitrogens with one attached hydrogen (secondary N) is 1. The van der Waals surface area contributed by atoms with Gasteiger partial charge in [0.2, 0.25) is 5.91 Å². The highest BCUT2D eigenvalue weighted by Crippen LogP contribution is 2.16. The van der Waals surface area contributed by atoms with Crippen LogP contribution < -0.4 is 11.1 Å². The van der Waals surface area contributed by atoms with Crippen LogP contribution in [-0.2, 0) is 9.59 Å². The Morgan fingerprint density at radius 1 is 1.42 bits per heavy atom. The number of carbonyl (C=O) groups excluding carboxylic acids is 2. The van der Waals surface area contributed by atoms with Gasteiger partial charge in [-0.05, 0) is 12.3 Å². The summed E-state index contributed by atoms with van der Waals surface area (Å²) in [6.07, 6.45) is 0.565. The molecule has 0 aliphatic carbocycles. The van der Waals surface area contributed by atoms with Crippen molar-refractivity contribution in [3.8, 4) is 0 Å². The zero-order valence-corrected chi connectivity index (χ0v) is 11.3. The van der Waals surface area contributed by atoms with Gasteiger partial charge in [-0.3, -0.25) is 9.59 Å². The first-order valence-electron chi connectivity index (χ1n) is 6.37. The predicted octanol–water partition coefficient (Wildman–Crippen LogP) is -0.140. The lowest BCUT2D eigenvalue weighted by molar-refractivity contribution is -0.143. The summed E-state index contributed by atoms with van der Waals surface area (Å²) in [6.45, 7) is 4.46. The zero-order valence-electron chi connectivity index (χ0n) is 11.3. The molecule has 2 atom stereocenters. The molecule has 19 heavy (non-hydrogen) atoms. The highest BCUT2D eigenvalue weighted by atomic mass is 16.4. The Labute approximate surface area is 112 Å². The van der Waals surface area contributed by atoms with Gasteiger partial charge in [0.05, 0.1) is 11.8 Å². The number of amides is 3. The topological polar surface area (TPSA) is 113 Å². The van der Waals surface area contributed by atoms with E-state index in [4.69, 9.17) is 10.8 Å². The minimum absolute atomic E-state index is 0.0604. The summed E-state index contributed by atoms with van der Waals surface area (Å²) < 4.78 is 0. The molecular weight excluding hydrogens is 250 g/mol. The number of nitrogens with two attached hydrogens (primary N) is 1. The maximum absolute atomic E-state index is 11.8. The van der Waals surface area contributed by atoms with Crippen LogP contribution in [0.2, 0.25) is 0 Å². The summed E-state index contributed by atoms with van der Waals surface area (Å²) in [5.74, 6) is -2.30. The Kier molecular flexibility index (Phi) is 5.14. The summed E-state index contributed by atoms with van der Waals surface area (Å²) in [5.41, 5.74) is 5.19. The van der Waals surface area contributed by atoms with E-state index in [-0.39, 0.29) is 24.4 Å². The molecule has 1 rings (SSSR count). The molecule has 0 aromatic rings. The molecule has 108 valence electrons. The van der Waals surface area contributed by atoms with Crippen LogP contribution in [-0.4, -0.2) is 47.5 Å². The number of carboxylic acid groups (broad SMARTS) is 1. The zero-order chi connectivity index (χ0) is 14.6. The third-order valence-corrected chi connectivity index (χ3v) is 3.47. The highest BCUT2D eigenvalue weighted by molar-refractivity contribution is 5.80. The van der Waals surface area contributed by atoms with Crippen molar-refractivity contribution in [2.24, 2.45) is 23.5 Å². The van der Waals surface area contributed by atoms with Crippen molar-refractivity contribution < 1.29 is 19.5 Å². The van der Waals surface area contributed by atoms with E-state index in [9.17, 15) is 14.4 Å². The normalized spacial score (nSPS) is 20.4. The second-order valence-electron chi connectivity index (χ2n) is 5.21. The van der Waals surface area contributed by atoms with Gasteiger partial charge in [-0.1, -0.05) is 13.8 Å². The third kappa shape index (κ3) is 4.11. The maximum Gasteiger partial charge on any atom is 0.317 e. The Balaban J connectivity index is 2.44. The largest absolute Gasteiger partial charge is 0.481 e. The average molecular weight is 271 g/mol. The highest BCUT2D eigenvalue weighted by Gasteiger charge is 2.30. The lowest BCUT2D eigenvalue weighted by atomic mass is 9.96. The van der Waals surface area contributed by atoms with Gasteiger partial charge >= 0.3 is 12.0 Å². The quantitative estimate of drug-likeness (QED) is 0.646. The van der Waals surface area contributed by atoms with Gasteiger partial charge in [-0.25, -0.2) is 4.79 Å². The second-order valence-corrected chi connectivity index (χ2v) is 5.21. The standard InChI is InChI=1S/C12H21N3O4/c1-7(2)9(11(17)18)5-14-12(19)15-4-3-8(6-15)10(13)16/h7-9H,3-6H2,1-2H3,(H2,13,16)(H,14,19)(H,17,18). The van der Waals surface area contributed by atoms with Crippen LogP contribution in [0.15, 0.2) is 0 Å². The van der Waals surface area contributed by atoms with Gasteiger partial charge in [-0.2, -0.15) is 0 Å². The molecule has 0 radical (unpaired) electrons. The van der Waals surface area contributed by atoms with E-state index in [0.29, 0.717) is 19.5 Å². The Morgan fingerprint density at radius 2 is 2.05 bits per heavy atom. The fraction of sp³-hybridized carbons (Fsp3) is 0.750. The number of hydrogen-bond acceptors (Lipinski definition) is 3. The van der Waals surface area contributed by atoms with Crippen molar-refractivity contribution in [1.82, 2.24) is 10.2 Å². The Morgan fingerprint density at radius 3 is 2.47 bits per heavy atom. The molecule has 0 spiro atoms. The summed E-state index contributed by atoms with van der Waals surface area (Å²) in [5, 5.41) is 11.6. The first-order valence-corrected chi connectivity index (χ1v) is 6.37. The number of likely N-dealkylation sites (tertiary alicyclic amines) is 1. The van der Waals surface area contributed by atoms with E-state index in [1.54, 1.807) is 13.8 Å². The molecular formula is C12H21N3O4. The number of primary amides is 1. The molecule has 1 saturated heterocycles. The Hall–Kier alpha value is -1.79. The van der Waals surface area contributed by atoms with Crippen LogP contribution in [0.5, 0.6) is 0 Å². The van der Waals surface area contributed by atoms with Crippen LogP contribution in [0.4, 0.5) is 4.79 Å². The molecule has 0 aromatic carbocycles. The minimum Gasteiger partial charge on any atom is -0.481 e. The van der Waals surface area contributed by atoms with Crippen LogP contribution in [0, 0.1) is 17.8 Å². The number of rotatable bonds is 5. The van der Waals surface area contributed by atoms with Crippen molar-refractivity contribution in [2.45, 2.75) is 20.3 Å². The molecule has 2 unspecified atom stereocenters. The van der Waals surface area contributed by atoms with E-state index in [2.05, 4.69) is 5.32 Å². The van der Waals surface area contributed by atoms with Gasteiger partial charge < -0.3 is 21.1 Å². The van der Waals surface area contributed by atoms with E-state index < -0.39 is 17.8 Å². The fourth-order valence-electron chi connectivity index (χ4n) is 2.09. The summed E-state index contributed by atoms with van der Waals surface area (Å²) in [4.78, 5) is 35.3. The summed E-state index contributed by atoms with van der Waals surface area (Å²) >= 11 is 0. The molecule has 7 heteroatoms. The van der Waals surface area contributed by atoms with Crippen molar-refractivity contribution >= 4 is 17.9 Å². The number of urea groups is 1. The van der Waals surface area contributed by atoms with Gasteiger partial charge in [0.25, 0.3) is 0 Å². The first-order chi connectivity index (χ1) is 8.82. The molecule has 0 saturated carbocycles. The second kappa shape index (κ2) is 6.40. The first kappa shape index (κ1) is 15.3. The SMILES string of the molecule is CC(C)C(CNC(=O)N1CCC(C(N)=O)C1)C(=O)O. The summed E-state index contributed by atoms with van der Waals surface area (Å²) in [7, 11) is 0. The van der Waals surface area contributed by atoms with Crippen molar-refractivity contribution in [2.75, 3.05) is 19.6 Å². The number of nitrogens with zero attached hydrogens (tertiary/aromatic N) is 1. The van der Waals surface area contributed by atoms with Gasteiger partial charge in [0.15, 0.2) is 0 Å². The van der Waals surface area contributed by atoms with Crippen LogP contribution in [0.1, 0.15) is 20.3 Å². The number of carbonyl (C=O) groups is 3. The van der Waals surface area contributed by atoms with Gasteiger partial charge in [-0.15, -0.1) is 0 Å². The van der Waals surface area contributed by atoms with Crippen LogP contribution >= 0.6 is 0 Å². The predicted molar refractivity (Wildman–Crippen MR) is 68.2 cm³/mol. The molecule has 0 aromatic heterocycles. The number of carboxylic acids is 1. The monoisotopic (exact) mass is 271 g/mol. The van der Waals surface area contributed by atoms with Crippen LogP contribution in [0.25, 0.3) is 0 Å². The maximum atomic E-state index is 11.8. The fourth-order valence-corrected chi connectivity index (χ4v) is 2.09. The minimum atomic E-state index is -0.924. The van der Waals surface area contributed by atoms with Gasteiger partial charge in [0.1, 0.15) is 0 Å². The van der Waals surface area contributed by atoms with Crippen molar-refractivity contribution in [3.63, 3.8) is 0 Å². The number of aliphatic carboxylic acids is 1. The molecule has 1 aliphatic rings. The van der Waals surface area contributed by atoms with Crippen molar-refractivity contribution in [3.05, 3.63) is 0 Å². The van der Waals surface area contributed by atoms with Crippen LogP contribution in [0.3, 0.4) is 0 Å². The Bertz CT molecular complexity index is 370. The number of hydrogen-bond donors (Lipinski definition) is 3. The molecule has 1 aliphatic heterocycles. The average Bonchev–Trinajstić information content (AvgIpc) is 2.77. The lowest BCUT2D eigenvalue weighted by Gasteiger charge is -2.20. The van der Waals surface area contributed by atoms with E-state index in [1.807, 2.05) is 0 Å². The third-order valence-electron chi connectivity index (χ3n) is 3.47. The van der Waals surface area contributed by atoms with E-state index in [0.717, 1.165) is 0 Å². The molecule has 3 amide bonds. The molecule has 1 heterocycles.